The van der Waals surface area contributed by atoms with Crippen LogP contribution in [0.1, 0.15) is 11.5 Å². The molecule has 0 radical (unpaired) electrons. The number of amides is 2. The summed E-state index contributed by atoms with van der Waals surface area (Å²) < 4.78 is 147. The molecule has 2 amide bonds. The van der Waals surface area contributed by atoms with E-state index in [-0.39, 0.29) is 11.5 Å². The number of alkyl halides is 10. The van der Waals surface area contributed by atoms with Gasteiger partial charge in [0.05, 0.1) is 0 Å². The lowest BCUT2D eigenvalue weighted by atomic mass is 9.93. The molecule has 18 heteroatoms. The summed E-state index contributed by atoms with van der Waals surface area (Å²) in [7, 11) is 0. The van der Waals surface area contributed by atoms with Crippen LogP contribution in [0.4, 0.5) is 55.5 Å². The van der Waals surface area contributed by atoms with Gasteiger partial charge in [-0.25, -0.2) is 0 Å². The molecule has 0 bridgehead atoms. The average molecular weight is 500 g/mol. The first-order valence-corrected chi connectivity index (χ1v) is 8.17. The summed E-state index contributed by atoms with van der Waals surface area (Å²) in [5, 5.41) is 7.50. The van der Waals surface area contributed by atoms with Crippen LogP contribution < -0.4 is 10.6 Å². The second-order valence-corrected chi connectivity index (χ2v) is 6.43. The number of rotatable bonds is 8. The molecule has 0 unspecified atom stereocenters. The number of halogens is 10. The number of hydrogen-bond acceptors (Lipinski definition) is 6. The smallest absolute Gasteiger partial charge is 0.360 e. The third kappa shape index (κ3) is 4.08. The topological polar surface area (TPSA) is 110 Å². The number of hydrogen-bond donors (Lipinski definition) is 2. The van der Waals surface area contributed by atoms with Crippen LogP contribution in [0.25, 0.3) is 0 Å². The Balaban J connectivity index is 2.37. The summed E-state index contributed by atoms with van der Waals surface area (Å²) in [6.07, 6.45) is 0. The van der Waals surface area contributed by atoms with Crippen LogP contribution >= 0.6 is 0 Å². The molecular formula is C15H10F10N4O4. The fourth-order valence-electron chi connectivity index (χ4n) is 2.12. The van der Waals surface area contributed by atoms with E-state index in [9.17, 15) is 53.5 Å². The molecule has 0 spiro atoms. The minimum atomic E-state index is -7.65. The fraction of sp³-hybridized carbons (Fsp3) is 0.467. The quantitative estimate of drug-likeness (QED) is 0.530. The van der Waals surface area contributed by atoms with Crippen LogP contribution in [0.3, 0.4) is 0 Å². The molecular weight excluding hydrogens is 490 g/mol. The first kappa shape index (κ1) is 25.9. The summed E-state index contributed by atoms with van der Waals surface area (Å²) in [6.45, 7) is 2.27. The van der Waals surface area contributed by atoms with E-state index < -0.39 is 53.1 Å². The van der Waals surface area contributed by atoms with Crippen molar-refractivity contribution in [3.8, 4) is 0 Å². The highest BCUT2D eigenvalue weighted by atomic mass is 19.4. The Labute approximate surface area is 175 Å². The molecule has 33 heavy (non-hydrogen) atoms. The molecule has 184 valence electrons. The van der Waals surface area contributed by atoms with Crippen molar-refractivity contribution in [2.45, 2.75) is 43.5 Å². The summed E-state index contributed by atoms with van der Waals surface area (Å²) in [4.78, 5) is 22.8. The van der Waals surface area contributed by atoms with E-state index in [1.54, 1.807) is 0 Å². The molecule has 0 aromatic carbocycles. The zero-order valence-electron chi connectivity index (χ0n) is 16.0. The van der Waals surface area contributed by atoms with Crippen molar-refractivity contribution in [2.24, 2.45) is 0 Å². The number of carbonyl (C=O) groups is 2. The first-order valence-electron chi connectivity index (χ1n) is 8.17. The molecule has 2 aromatic rings. The summed E-state index contributed by atoms with van der Waals surface area (Å²) in [5.74, 6) is -44.9. The number of nitrogens with zero attached hydrogens (tertiary/aromatic N) is 2. The molecule has 2 aromatic heterocycles. The highest BCUT2D eigenvalue weighted by molar-refractivity contribution is 5.97. The van der Waals surface area contributed by atoms with Crippen molar-refractivity contribution < 1.29 is 62.5 Å². The van der Waals surface area contributed by atoms with Gasteiger partial charge in [0.15, 0.2) is 11.6 Å². The Bertz CT molecular complexity index is 969. The van der Waals surface area contributed by atoms with Gasteiger partial charge in [0.2, 0.25) is 0 Å². The SMILES string of the molecule is Cc1cc(NC(=O)C(F)(F)C(F)(F)C(F)(F)C(F)(F)C(F)(F)C(=O)Nc2cc(C)on2)no1. The molecule has 0 atom stereocenters. The van der Waals surface area contributed by atoms with Gasteiger partial charge in [-0.2, -0.15) is 43.9 Å². The average Bonchev–Trinajstić information content (AvgIpc) is 3.28. The summed E-state index contributed by atoms with van der Waals surface area (Å²) >= 11 is 0. The molecule has 2 N–H and O–H groups in total. The van der Waals surface area contributed by atoms with Gasteiger partial charge in [0.1, 0.15) is 11.5 Å². The predicted octanol–water partition coefficient (Wildman–Crippen LogP) is 4.03. The third-order valence-corrected chi connectivity index (χ3v) is 3.89. The van der Waals surface area contributed by atoms with Crippen LogP contribution in [0, 0.1) is 13.8 Å². The van der Waals surface area contributed by atoms with E-state index in [0.29, 0.717) is 12.1 Å². The number of anilines is 2. The van der Waals surface area contributed by atoms with Crippen molar-refractivity contribution in [2.75, 3.05) is 10.6 Å². The van der Waals surface area contributed by atoms with Crippen LogP contribution in [-0.2, 0) is 9.59 Å². The lowest BCUT2D eigenvalue weighted by Gasteiger charge is -2.38. The van der Waals surface area contributed by atoms with Gasteiger partial charge in [0.25, 0.3) is 0 Å². The second kappa shape index (κ2) is 7.91. The van der Waals surface area contributed by atoms with Gasteiger partial charge in [-0.3, -0.25) is 9.59 Å². The number of nitrogens with one attached hydrogen (secondary N) is 2. The Morgan fingerprint density at radius 2 is 0.970 bits per heavy atom. The van der Waals surface area contributed by atoms with E-state index in [2.05, 4.69) is 19.4 Å². The van der Waals surface area contributed by atoms with Crippen LogP contribution in [0.15, 0.2) is 21.2 Å². The monoisotopic (exact) mass is 500 g/mol. The van der Waals surface area contributed by atoms with Gasteiger partial charge in [-0.1, -0.05) is 10.3 Å². The molecule has 0 fully saturated rings. The maximum Gasteiger partial charge on any atom is 0.393 e. The molecule has 2 heterocycles. The summed E-state index contributed by atoms with van der Waals surface area (Å²) in [5.41, 5.74) is 0. The van der Waals surface area contributed by atoms with Gasteiger partial charge in [0, 0.05) is 12.1 Å². The minimum absolute atomic E-state index is 0.176. The minimum Gasteiger partial charge on any atom is -0.360 e. The zero-order chi connectivity index (χ0) is 25.6. The highest BCUT2D eigenvalue weighted by Gasteiger charge is 2.89. The standard InChI is InChI=1S/C15H10F10N4O4/c1-5-3-7(28-32-5)26-9(30)11(16,17)13(20,21)15(24,25)14(22,23)12(18,19)10(31)27-8-4-6(2)33-29-8/h3-4H,1-2H3,(H,26,28,30)(H,27,29,31). The zero-order valence-corrected chi connectivity index (χ0v) is 16.0. The van der Waals surface area contributed by atoms with Gasteiger partial charge in [-0.15, -0.1) is 0 Å². The van der Waals surface area contributed by atoms with E-state index in [0.717, 1.165) is 24.5 Å². The van der Waals surface area contributed by atoms with Crippen LogP contribution in [-0.4, -0.2) is 51.7 Å². The van der Waals surface area contributed by atoms with E-state index >= 15 is 0 Å². The number of carbonyl (C=O) groups excluding carboxylic acids is 2. The Morgan fingerprint density at radius 1 is 0.667 bits per heavy atom. The molecule has 0 aliphatic rings. The van der Waals surface area contributed by atoms with E-state index in [1.807, 2.05) is 0 Å². The van der Waals surface area contributed by atoms with Crippen LogP contribution in [0.5, 0.6) is 0 Å². The van der Waals surface area contributed by atoms with Gasteiger partial charge < -0.3 is 19.7 Å². The Hall–Kier alpha value is -3.34. The Morgan fingerprint density at radius 3 is 1.21 bits per heavy atom. The molecule has 0 aliphatic carbocycles. The normalized spacial score (nSPS) is 13.7. The largest absolute Gasteiger partial charge is 0.393 e. The fourth-order valence-corrected chi connectivity index (χ4v) is 2.12. The third-order valence-electron chi connectivity index (χ3n) is 3.89. The molecule has 0 saturated carbocycles. The molecule has 2 rings (SSSR count). The van der Waals surface area contributed by atoms with Gasteiger partial charge >= 0.3 is 41.4 Å². The number of aryl methyl sites for hydroxylation is 2. The summed E-state index contributed by atoms with van der Waals surface area (Å²) in [6, 6.07) is 1.31. The van der Waals surface area contributed by atoms with Gasteiger partial charge in [-0.05, 0) is 13.8 Å². The number of aromatic nitrogens is 2. The van der Waals surface area contributed by atoms with E-state index in [4.69, 9.17) is 0 Å². The maximum atomic E-state index is 13.9. The van der Waals surface area contributed by atoms with Crippen molar-refractivity contribution in [3.63, 3.8) is 0 Å². The van der Waals surface area contributed by atoms with Crippen LogP contribution in [0.2, 0.25) is 0 Å². The molecule has 0 aliphatic heterocycles. The van der Waals surface area contributed by atoms with Crippen molar-refractivity contribution in [3.05, 3.63) is 23.7 Å². The van der Waals surface area contributed by atoms with Crippen molar-refractivity contribution >= 4 is 23.5 Å². The lowest BCUT2D eigenvalue weighted by molar-refractivity contribution is -0.386. The van der Waals surface area contributed by atoms with Crippen molar-refractivity contribution in [1.29, 1.82) is 0 Å². The van der Waals surface area contributed by atoms with E-state index in [1.165, 1.54) is 0 Å². The maximum absolute atomic E-state index is 13.9. The molecule has 0 saturated heterocycles. The highest BCUT2D eigenvalue weighted by Crippen LogP contribution is 2.57. The second-order valence-electron chi connectivity index (χ2n) is 6.43. The van der Waals surface area contributed by atoms with Crippen molar-refractivity contribution in [1.82, 2.24) is 10.3 Å². The predicted molar refractivity (Wildman–Crippen MR) is 84.5 cm³/mol. The lowest BCUT2D eigenvalue weighted by Crippen LogP contribution is -2.71. The Kier molecular flexibility index (Phi) is 6.21. The first-order chi connectivity index (χ1) is 14.8. The molecule has 8 nitrogen and oxygen atoms in total.